The van der Waals surface area contributed by atoms with Crippen LogP contribution in [0.2, 0.25) is 0 Å². The molecule has 0 amide bonds. The van der Waals surface area contributed by atoms with Crippen molar-refractivity contribution in [3.05, 3.63) is 34.5 Å². The van der Waals surface area contributed by atoms with Crippen molar-refractivity contribution in [1.82, 2.24) is 0 Å². The number of benzene rings is 2. The monoisotopic (exact) mass is 596 g/mol. The highest BCUT2D eigenvalue weighted by molar-refractivity contribution is 5.96. The molecule has 0 saturated carbocycles. The van der Waals surface area contributed by atoms with Crippen molar-refractivity contribution in [2.24, 2.45) is 0 Å². The van der Waals surface area contributed by atoms with Gasteiger partial charge in [0.2, 0.25) is 17.5 Å². The zero-order valence-corrected chi connectivity index (χ0v) is 22.8. The summed E-state index contributed by atoms with van der Waals surface area (Å²) in [5, 5.41) is 61.5. The SMILES string of the molecule is COc1cc(O[C@@H]2O[C@H](CO[C@@H]3OC[C@@H](O)[C@H](O)[C@H]3O)[C@@H](O)[C@H](O)[C@H]2O)c2c(=O)c3ccc(OC)c(OC)c3oc2c1. The number of hydrogen-bond donors (Lipinski definition) is 6. The summed E-state index contributed by atoms with van der Waals surface area (Å²) in [6, 6.07) is 5.85. The van der Waals surface area contributed by atoms with Gasteiger partial charge in [-0.05, 0) is 12.1 Å². The standard InChI is InChI=1S/C27H32O15/c1-35-10-6-14-17(18(29)11-4-5-13(36-2)25(37-3)24(11)40-14)15(7-10)41-27-23(34)21(32)20(31)16(42-27)9-39-26-22(33)19(30)12(28)8-38-26/h4-7,12,16,19-23,26-28,30-34H,8-9H2,1-3H3/t12-,16-,19+,20-,21+,22-,23-,26+,27-/m1/s1. The van der Waals surface area contributed by atoms with Crippen LogP contribution < -0.4 is 24.4 Å². The maximum atomic E-state index is 13.7. The third kappa shape index (κ3) is 5.34. The van der Waals surface area contributed by atoms with Gasteiger partial charge in [-0.3, -0.25) is 4.79 Å². The van der Waals surface area contributed by atoms with Crippen LogP contribution in [-0.4, -0.2) is 120 Å². The molecule has 2 aliphatic heterocycles. The van der Waals surface area contributed by atoms with Crippen LogP contribution >= 0.6 is 0 Å². The maximum Gasteiger partial charge on any atom is 0.229 e. The summed E-state index contributed by atoms with van der Waals surface area (Å²) in [6.45, 7) is -0.800. The quantitative estimate of drug-likeness (QED) is 0.165. The van der Waals surface area contributed by atoms with Gasteiger partial charge in [0.1, 0.15) is 65.2 Å². The Balaban J connectivity index is 1.47. The molecule has 2 aromatic carbocycles. The van der Waals surface area contributed by atoms with Crippen molar-refractivity contribution < 1.29 is 68.2 Å². The lowest BCUT2D eigenvalue weighted by atomic mass is 9.99. The van der Waals surface area contributed by atoms with E-state index in [1.165, 1.54) is 45.6 Å². The van der Waals surface area contributed by atoms with Crippen LogP contribution in [0.4, 0.5) is 0 Å². The van der Waals surface area contributed by atoms with E-state index in [0.717, 1.165) is 0 Å². The molecule has 0 bridgehead atoms. The van der Waals surface area contributed by atoms with E-state index in [-0.39, 0.29) is 45.8 Å². The highest BCUT2D eigenvalue weighted by atomic mass is 16.7. The lowest BCUT2D eigenvalue weighted by Crippen LogP contribution is -2.61. The number of aliphatic hydroxyl groups is 6. The van der Waals surface area contributed by atoms with Crippen molar-refractivity contribution in [3.63, 3.8) is 0 Å². The second-order valence-electron chi connectivity index (χ2n) is 9.82. The molecule has 3 heterocycles. The second-order valence-corrected chi connectivity index (χ2v) is 9.82. The van der Waals surface area contributed by atoms with E-state index in [0.29, 0.717) is 5.75 Å². The fourth-order valence-electron chi connectivity index (χ4n) is 4.90. The zero-order chi connectivity index (χ0) is 30.3. The molecule has 2 aliphatic rings. The van der Waals surface area contributed by atoms with Gasteiger partial charge in [0, 0.05) is 12.1 Å². The molecule has 15 nitrogen and oxygen atoms in total. The fourth-order valence-corrected chi connectivity index (χ4v) is 4.90. The Hall–Kier alpha value is -3.25. The van der Waals surface area contributed by atoms with Crippen molar-refractivity contribution in [2.75, 3.05) is 34.5 Å². The third-order valence-corrected chi connectivity index (χ3v) is 7.25. The van der Waals surface area contributed by atoms with E-state index in [4.69, 9.17) is 37.6 Å². The molecule has 0 aliphatic carbocycles. The summed E-state index contributed by atoms with van der Waals surface area (Å²) in [7, 11) is 4.22. The van der Waals surface area contributed by atoms with Crippen LogP contribution in [0.25, 0.3) is 21.9 Å². The molecule has 0 spiro atoms. The first-order chi connectivity index (χ1) is 20.1. The summed E-state index contributed by atoms with van der Waals surface area (Å²) in [5.41, 5.74) is -0.355. The van der Waals surface area contributed by atoms with Crippen molar-refractivity contribution in [2.45, 2.75) is 55.3 Å². The summed E-state index contributed by atoms with van der Waals surface area (Å²) in [6.07, 6.45) is -14.0. The summed E-state index contributed by atoms with van der Waals surface area (Å²) in [5.74, 6) is 0.629. The molecular formula is C27H32O15. The van der Waals surface area contributed by atoms with Gasteiger partial charge in [0.05, 0.1) is 39.9 Å². The lowest BCUT2D eigenvalue weighted by molar-refractivity contribution is -0.307. The number of aliphatic hydroxyl groups excluding tert-OH is 6. The van der Waals surface area contributed by atoms with Gasteiger partial charge in [-0.1, -0.05) is 0 Å². The molecule has 1 aromatic heterocycles. The van der Waals surface area contributed by atoms with E-state index in [2.05, 4.69) is 0 Å². The molecule has 2 fully saturated rings. The molecule has 6 N–H and O–H groups in total. The van der Waals surface area contributed by atoms with Gasteiger partial charge in [0.15, 0.2) is 17.6 Å². The van der Waals surface area contributed by atoms with E-state index in [9.17, 15) is 35.4 Å². The average molecular weight is 597 g/mol. The predicted octanol–water partition coefficient (Wildman–Crippen LogP) is -1.39. The Kier molecular flexibility index (Phi) is 8.75. The van der Waals surface area contributed by atoms with Crippen LogP contribution in [-0.2, 0) is 14.2 Å². The van der Waals surface area contributed by atoms with Crippen LogP contribution in [0.5, 0.6) is 23.0 Å². The van der Waals surface area contributed by atoms with Gasteiger partial charge in [-0.15, -0.1) is 0 Å². The number of ether oxygens (including phenoxy) is 7. The second kappa shape index (κ2) is 12.2. The zero-order valence-electron chi connectivity index (χ0n) is 22.8. The van der Waals surface area contributed by atoms with E-state index in [1.807, 2.05) is 0 Å². The van der Waals surface area contributed by atoms with Gasteiger partial charge in [0.25, 0.3) is 0 Å². The first-order valence-electron chi connectivity index (χ1n) is 12.9. The normalized spacial score (nSPS) is 31.7. The number of fused-ring (bicyclic) bond motifs is 2. The van der Waals surface area contributed by atoms with Crippen LogP contribution in [0.1, 0.15) is 0 Å². The molecule has 2 saturated heterocycles. The summed E-state index contributed by atoms with van der Waals surface area (Å²) >= 11 is 0. The minimum absolute atomic E-state index is 0.0361. The molecular weight excluding hydrogens is 564 g/mol. The number of rotatable bonds is 8. The predicted molar refractivity (Wildman–Crippen MR) is 141 cm³/mol. The highest BCUT2D eigenvalue weighted by Gasteiger charge is 2.46. The Labute approximate surface area is 237 Å². The smallest absolute Gasteiger partial charge is 0.229 e. The minimum atomic E-state index is -1.78. The van der Waals surface area contributed by atoms with Gasteiger partial charge in [-0.2, -0.15) is 0 Å². The number of hydrogen-bond acceptors (Lipinski definition) is 15. The first kappa shape index (κ1) is 30.2. The van der Waals surface area contributed by atoms with Crippen molar-refractivity contribution in [1.29, 1.82) is 0 Å². The van der Waals surface area contributed by atoms with Crippen molar-refractivity contribution in [3.8, 4) is 23.0 Å². The summed E-state index contributed by atoms with van der Waals surface area (Å²) < 4.78 is 44.3. The minimum Gasteiger partial charge on any atom is -0.496 e. The lowest BCUT2D eigenvalue weighted by Gasteiger charge is -2.41. The molecule has 5 rings (SSSR count). The van der Waals surface area contributed by atoms with E-state index in [1.54, 1.807) is 0 Å². The molecule has 3 aromatic rings. The van der Waals surface area contributed by atoms with E-state index >= 15 is 0 Å². The van der Waals surface area contributed by atoms with Crippen LogP contribution in [0.15, 0.2) is 33.5 Å². The molecule has 9 atom stereocenters. The van der Waals surface area contributed by atoms with Crippen LogP contribution in [0.3, 0.4) is 0 Å². The van der Waals surface area contributed by atoms with Crippen LogP contribution in [0, 0.1) is 0 Å². The highest BCUT2D eigenvalue weighted by Crippen LogP contribution is 2.39. The molecule has 230 valence electrons. The first-order valence-corrected chi connectivity index (χ1v) is 12.9. The Morgan fingerprint density at radius 2 is 1.57 bits per heavy atom. The number of methoxy groups -OCH3 is 3. The summed E-state index contributed by atoms with van der Waals surface area (Å²) in [4.78, 5) is 13.7. The van der Waals surface area contributed by atoms with Gasteiger partial charge < -0.3 is 68.2 Å². The Bertz CT molecular complexity index is 1470. The maximum absolute atomic E-state index is 13.7. The van der Waals surface area contributed by atoms with E-state index < -0.39 is 67.3 Å². The third-order valence-electron chi connectivity index (χ3n) is 7.25. The largest absolute Gasteiger partial charge is 0.496 e. The van der Waals surface area contributed by atoms with Gasteiger partial charge >= 0.3 is 0 Å². The molecule has 0 unspecified atom stereocenters. The van der Waals surface area contributed by atoms with Gasteiger partial charge in [-0.25, -0.2) is 0 Å². The average Bonchev–Trinajstić information content (AvgIpc) is 2.99. The molecule has 42 heavy (non-hydrogen) atoms. The Morgan fingerprint density at radius 3 is 2.26 bits per heavy atom. The molecule has 0 radical (unpaired) electrons. The van der Waals surface area contributed by atoms with Crippen molar-refractivity contribution >= 4 is 21.9 Å². The topological polar surface area (TPSA) is 216 Å². The Morgan fingerprint density at radius 1 is 0.833 bits per heavy atom. The molecule has 15 heteroatoms. The fraction of sp³-hybridized carbons (Fsp3) is 0.519.